The van der Waals surface area contributed by atoms with E-state index in [1.165, 1.54) is 0 Å². The fourth-order valence-corrected chi connectivity index (χ4v) is 3.53. The Morgan fingerprint density at radius 2 is 1.90 bits per heavy atom. The van der Waals surface area contributed by atoms with Crippen LogP contribution >= 0.6 is 11.6 Å². The van der Waals surface area contributed by atoms with Gasteiger partial charge in [0.25, 0.3) is 5.91 Å². The fourth-order valence-electron chi connectivity index (χ4n) is 3.30. The zero-order valence-corrected chi connectivity index (χ0v) is 16.9. The molecule has 0 aliphatic heterocycles. The highest BCUT2D eigenvalue weighted by Crippen LogP contribution is 2.33. The number of hydrogen-bond donors (Lipinski definition) is 1. The number of rotatable bonds is 5. The average molecular weight is 406 g/mol. The van der Waals surface area contributed by atoms with Crippen LogP contribution in [0.25, 0.3) is 21.9 Å². The van der Waals surface area contributed by atoms with E-state index in [0.29, 0.717) is 17.1 Å². The summed E-state index contributed by atoms with van der Waals surface area (Å²) in [7, 11) is 3.40. The highest BCUT2D eigenvalue weighted by Gasteiger charge is 2.14. The lowest BCUT2D eigenvalue weighted by Gasteiger charge is -2.16. The van der Waals surface area contributed by atoms with Gasteiger partial charge in [-0.15, -0.1) is 0 Å². The third kappa shape index (κ3) is 3.96. The number of carbonyl (C=O) groups excluding carboxylic acids is 1. The van der Waals surface area contributed by atoms with E-state index in [9.17, 15) is 4.79 Å². The van der Waals surface area contributed by atoms with E-state index in [2.05, 4.69) is 16.0 Å². The summed E-state index contributed by atoms with van der Waals surface area (Å²) in [4.78, 5) is 21.6. The molecule has 0 atom stereocenters. The first-order chi connectivity index (χ1) is 14.0. The topological polar surface area (TPSA) is 58.2 Å². The van der Waals surface area contributed by atoms with Crippen LogP contribution in [0, 0.1) is 0 Å². The van der Waals surface area contributed by atoms with Gasteiger partial charge >= 0.3 is 0 Å². The Morgan fingerprint density at radius 1 is 1.10 bits per heavy atom. The number of methoxy groups -OCH3 is 1. The number of halogens is 1. The van der Waals surface area contributed by atoms with Gasteiger partial charge in [0, 0.05) is 35.6 Å². The van der Waals surface area contributed by atoms with Gasteiger partial charge in [0.2, 0.25) is 0 Å². The molecule has 0 aliphatic rings. The minimum Gasteiger partial charge on any atom is -0.497 e. The molecule has 0 fully saturated rings. The molecule has 0 spiro atoms. The quantitative estimate of drug-likeness (QED) is 0.498. The average Bonchev–Trinajstić information content (AvgIpc) is 3.26. The number of H-pyrrole nitrogens is 1. The molecule has 1 N–H and O–H groups in total. The van der Waals surface area contributed by atoms with Crippen LogP contribution in [0.5, 0.6) is 5.75 Å². The second kappa shape index (κ2) is 7.97. The first-order valence-electron chi connectivity index (χ1n) is 9.16. The van der Waals surface area contributed by atoms with Crippen LogP contribution in [0.15, 0.2) is 67.0 Å². The van der Waals surface area contributed by atoms with Crippen molar-refractivity contribution in [3.63, 3.8) is 0 Å². The second-order valence-electron chi connectivity index (χ2n) is 6.82. The standard InChI is InChI=1S/C23H20ClN3O2/c1-27(14-22-25-9-10-26-22)23(28)18-6-4-15-11-17(5-3-16(15)12-18)20-13-19(29-2)7-8-21(20)24/h3-13H,14H2,1-2H3,(H,25,26). The Hall–Kier alpha value is -3.31. The second-order valence-corrected chi connectivity index (χ2v) is 7.23. The van der Waals surface area contributed by atoms with Crippen molar-refractivity contribution >= 4 is 28.3 Å². The normalized spacial score (nSPS) is 10.9. The first-order valence-corrected chi connectivity index (χ1v) is 9.54. The van der Waals surface area contributed by atoms with Crippen molar-refractivity contribution in [2.45, 2.75) is 6.54 Å². The molecule has 6 heteroatoms. The maximum absolute atomic E-state index is 12.8. The van der Waals surface area contributed by atoms with Crippen molar-refractivity contribution in [3.8, 4) is 16.9 Å². The van der Waals surface area contributed by atoms with Crippen molar-refractivity contribution in [2.75, 3.05) is 14.2 Å². The summed E-state index contributed by atoms with van der Waals surface area (Å²) in [6.07, 6.45) is 3.42. The van der Waals surface area contributed by atoms with Gasteiger partial charge in [-0.1, -0.05) is 29.8 Å². The SMILES string of the molecule is COc1ccc(Cl)c(-c2ccc3cc(C(=O)N(C)Cc4ncc[nH]4)ccc3c2)c1. The Kier molecular flexibility index (Phi) is 5.23. The van der Waals surface area contributed by atoms with E-state index < -0.39 is 0 Å². The summed E-state index contributed by atoms with van der Waals surface area (Å²) < 4.78 is 5.31. The lowest BCUT2D eigenvalue weighted by Crippen LogP contribution is -2.26. The minimum atomic E-state index is -0.0526. The largest absolute Gasteiger partial charge is 0.497 e. The zero-order valence-electron chi connectivity index (χ0n) is 16.1. The zero-order chi connectivity index (χ0) is 20.4. The number of benzene rings is 3. The lowest BCUT2D eigenvalue weighted by atomic mass is 9.99. The summed E-state index contributed by atoms with van der Waals surface area (Å²) in [5.41, 5.74) is 2.54. The third-order valence-electron chi connectivity index (χ3n) is 4.86. The van der Waals surface area contributed by atoms with Gasteiger partial charge in [-0.2, -0.15) is 0 Å². The first kappa shape index (κ1) is 19.0. The number of ether oxygens (including phenoxy) is 1. The molecular weight excluding hydrogens is 386 g/mol. The van der Waals surface area contributed by atoms with Crippen molar-refractivity contribution in [1.29, 1.82) is 0 Å². The van der Waals surface area contributed by atoms with Crippen LogP contribution in [0.3, 0.4) is 0 Å². The number of imidazole rings is 1. The predicted octanol–water partition coefficient (Wildman–Crippen LogP) is 5.16. The number of hydrogen-bond acceptors (Lipinski definition) is 3. The van der Waals surface area contributed by atoms with Gasteiger partial charge < -0.3 is 14.6 Å². The van der Waals surface area contributed by atoms with E-state index in [1.807, 2.05) is 48.5 Å². The molecule has 3 aromatic carbocycles. The summed E-state index contributed by atoms with van der Waals surface area (Å²) in [6, 6.07) is 17.4. The van der Waals surface area contributed by atoms with Crippen molar-refractivity contribution < 1.29 is 9.53 Å². The van der Waals surface area contributed by atoms with E-state index in [-0.39, 0.29) is 5.91 Å². The molecule has 0 saturated carbocycles. The molecule has 146 valence electrons. The Bertz CT molecular complexity index is 1170. The molecule has 0 unspecified atom stereocenters. The highest BCUT2D eigenvalue weighted by atomic mass is 35.5. The molecule has 29 heavy (non-hydrogen) atoms. The molecule has 0 radical (unpaired) electrons. The molecule has 1 amide bonds. The Balaban J connectivity index is 1.63. The molecule has 4 rings (SSSR count). The number of fused-ring (bicyclic) bond motifs is 1. The van der Waals surface area contributed by atoms with Crippen molar-refractivity contribution in [3.05, 3.63) is 83.4 Å². The molecule has 0 bridgehead atoms. The Labute approximate surface area is 173 Å². The molecule has 0 saturated heterocycles. The summed E-state index contributed by atoms with van der Waals surface area (Å²) in [5, 5.41) is 2.69. The van der Waals surface area contributed by atoms with Crippen LogP contribution in [-0.4, -0.2) is 34.9 Å². The maximum Gasteiger partial charge on any atom is 0.254 e. The van der Waals surface area contributed by atoms with Gasteiger partial charge in [-0.25, -0.2) is 4.98 Å². The number of nitrogens with one attached hydrogen (secondary N) is 1. The molecule has 4 aromatic rings. The van der Waals surface area contributed by atoms with E-state index in [0.717, 1.165) is 33.5 Å². The molecule has 1 heterocycles. The van der Waals surface area contributed by atoms with Crippen molar-refractivity contribution in [1.82, 2.24) is 14.9 Å². The van der Waals surface area contributed by atoms with Gasteiger partial charge in [0.05, 0.1) is 13.7 Å². The maximum atomic E-state index is 12.8. The number of carbonyl (C=O) groups is 1. The van der Waals surface area contributed by atoms with Gasteiger partial charge in [0.15, 0.2) is 0 Å². The Morgan fingerprint density at radius 3 is 2.66 bits per heavy atom. The van der Waals surface area contributed by atoms with Crippen LogP contribution in [0.1, 0.15) is 16.2 Å². The number of aromatic amines is 1. The molecular formula is C23H20ClN3O2. The summed E-state index contributed by atoms with van der Waals surface area (Å²) >= 11 is 6.39. The number of nitrogens with zero attached hydrogens (tertiary/aromatic N) is 2. The van der Waals surface area contributed by atoms with Gasteiger partial charge in [-0.3, -0.25) is 4.79 Å². The van der Waals surface area contributed by atoms with Crippen LogP contribution < -0.4 is 4.74 Å². The van der Waals surface area contributed by atoms with Crippen LogP contribution in [0.4, 0.5) is 0 Å². The summed E-state index contributed by atoms with van der Waals surface area (Å²) in [6.45, 7) is 0.428. The van der Waals surface area contributed by atoms with Gasteiger partial charge in [0.1, 0.15) is 11.6 Å². The summed E-state index contributed by atoms with van der Waals surface area (Å²) in [5.74, 6) is 1.45. The smallest absolute Gasteiger partial charge is 0.254 e. The number of aromatic nitrogens is 2. The number of amides is 1. The van der Waals surface area contributed by atoms with E-state index >= 15 is 0 Å². The molecule has 1 aromatic heterocycles. The lowest BCUT2D eigenvalue weighted by molar-refractivity contribution is 0.0782. The van der Waals surface area contributed by atoms with E-state index in [4.69, 9.17) is 16.3 Å². The minimum absolute atomic E-state index is 0.0526. The molecule has 5 nitrogen and oxygen atoms in total. The van der Waals surface area contributed by atoms with Crippen molar-refractivity contribution in [2.24, 2.45) is 0 Å². The van der Waals surface area contributed by atoms with Gasteiger partial charge in [-0.05, 0) is 52.7 Å². The monoisotopic (exact) mass is 405 g/mol. The van der Waals surface area contributed by atoms with Crippen LogP contribution in [0.2, 0.25) is 5.02 Å². The molecule has 0 aliphatic carbocycles. The van der Waals surface area contributed by atoms with Crippen LogP contribution in [-0.2, 0) is 6.54 Å². The van der Waals surface area contributed by atoms with E-state index in [1.54, 1.807) is 31.5 Å². The third-order valence-corrected chi connectivity index (χ3v) is 5.19. The fraction of sp³-hybridized carbons (Fsp3) is 0.130. The predicted molar refractivity (Wildman–Crippen MR) is 115 cm³/mol. The highest BCUT2D eigenvalue weighted by molar-refractivity contribution is 6.33.